The Balaban J connectivity index is 2.19. The number of aromatic nitrogens is 1. The van der Waals surface area contributed by atoms with Crippen molar-refractivity contribution in [1.29, 1.82) is 0 Å². The van der Waals surface area contributed by atoms with Crippen molar-refractivity contribution in [3.8, 4) is 0 Å². The van der Waals surface area contributed by atoms with Crippen LogP contribution in [0.3, 0.4) is 0 Å². The van der Waals surface area contributed by atoms with Crippen molar-refractivity contribution >= 4 is 17.2 Å². The van der Waals surface area contributed by atoms with Gasteiger partial charge in [-0.3, -0.25) is 0 Å². The van der Waals surface area contributed by atoms with Gasteiger partial charge in [0.15, 0.2) is 5.82 Å². The van der Waals surface area contributed by atoms with Crippen LogP contribution in [0.2, 0.25) is 0 Å². The van der Waals surface area contributed by atoms with Gasteiger partial charge in [0.05, 0.1) is 17.6 Å². The number of nitrogens with two attached hydrogens (primary N) is 2. The van der Waals surface area contributed by atoms with Gasteiger partial charge in [0.25, 0.3) is 0 Å². The van der Waals surface area contributed by atoms with Crippen molar-refractivity contribution in [3.63, 3.8) is 0 Å². The summed E-state index contributed by atoms with van der Waals surface area (Å²) >= 11 is 0. The molecule has 1 aliphatic rings. The van der Waals surface area contributed by atoms with Crippen molar-refractivity contribution in [3.05, 3.63) is 12.3 Å². The summed E-state index contributed by atoms with van der Waals surface area (Å²) in [5.74, 6) is 0.895. The molecule has 1 aromatic heterocycles. The van der Waals surface area contributed by atoms with Crippen LogP contribution in [0.1, 0.15) is 25.7 Å². The van der Waals surface area contributed by atoms with Gasteiger partial charge in [-0.15, -0.1) is 0 Å². The molecule has 0 saturated carbocycles. The number of anilines is 3. The van der Waals surface area contributed by atoms with Crippen LogP contribution in [0.25, 0.3) is 0 Å². The van der Waals surface area contributed by atoms with E-state index in [1.54, 1.807) is 12.3 Å². The van der Waals surface area contributed by atoms with Crippen LogP contribution in [-0.4, -0.2) is 18.1 Å². The quantitative estimate of drug-likeness (QED) is 0.732. The lowest BCUT2D eigenvalue weighted by Crippen LogP contribution is -2.25. The second kappa shape index (κ2) is 4.38. The standard InChI is InChI=1S/C11H18N4/c12-9-7-10(13)11(14-8-9)15-5-3-1-2-4-6-15/h7-8H,1-6,12-13H2. The minimum Gasteiger partial charge on any atom is -0.397 e. The molecule has 0 atom stereocenters. The van der Waals surface area contributed by atoms with Gasteiger partial charge in [-0.05, 0) is 18.9 Å². The number of hydrogen-bond acceptors (Lipinski definition) is 4. The Morgan fingerprint density at radius 1 is 1.07 bits per heavy atom. The lowest BCUT2D eigenvalue weighted by Gasteiger charge is -2.22. The summed E-state index contributed by atoms with van der Waals surface area (Å²) < 4.78 is 0. The van der Waals surface area contributed by atoms with E-state index < -0.39 is 0 Å². The molecular formula is C11H18N4. The third-order valence-electron chi connectivity index (χ3n) is 2.82. The van der Waals surface area contributed by atoms with Crippen LogP contribution in [0, 0.1) is 0 Å². The number of rotatable bonds is 1. The van der Waals surface area contributed by atoms with Crippen LogP contribution >= 0.6 is 0 Å². The summed E-state index contributed by atoms with van der Waals surface area (Å²) in [6.45, 7) is 2.11. The SMILES string of the molecule is Nc1cnc(N2CCCCCC2)c(N)c1. The topological polar surface area (TPSA) is 68.2 Å². The molecular weight excluding hydrogens is 188 g/mol. The average Bonchev–Trinajstić information content (AvgIpc) is 2.46. The first kappa shape index (κ1) is 10.1. The molecule has 0 unspecified atom stereocenters. The predicted molar refractivity (Wildman–Crippen MR) is 63.7 cm³/mol. The summed E-state index contributed by atoms with van der Waals surface area (Å²) in [5.41, 5.74) is 12.9. The largest absolute Gasteiger partial charge is 0.397 e. The van der Waals surface area contributed by atoms with Gasteiger partial charge in [-0.2, -0.15) is 0 Å². The molecule has 1 aromatic rings. The third kappa shape index (κ3) is 2.32. The molecule has 1 fully saturated rings. The molecule has 4 heteroatoms. The Hall–Kier alpha value is -1.45. The Morgan fingerprint density at radius 3 is 2.33 bits per heavy atom. The molecule has 15 heavy (non-hydrogen) atoms. The lowest BCUT2D eigenvalue weighted by molar-refractivity contribution is 0.726. The Morgan fingerprint density at radius 2 is 1.73 bits per heavy atom. The van der Waals surface area contributed by atoms with Gasteiger partial charge in [0.1, 0.15) is 0 Å². The van der Waals surface area contributed by atoms with E-state index in [4.69, 9.17) is 11.5 Å². The minimum absolute atomic E-state index is 0.631. The van der Waals surface area contributed by atoms with Crippen LogP contribution in [0.4, 0.5) is 17.2 Å². The smallest absolute Gasteiger partial charge is 0.151 e. The summed E-state index contributed by atoms with van der Waals surface area (Å²) in [7, 11) is 0. The summed E-state index contributed by atoms with van der Waals surface area (Å²) in [5, 5.41) is 0. The minimum atomic E-state index is 0.631. The average molecular weight is 206 g/mol. The van der Waals surface area contributed by atoms with E-state index in [1.807, 2.05) is 0 Å². The molecule has 2 rings (SSSR count). The Labute approximate surface area is 90.3 Å². The first-order chi connectivity index (χ1) is 7.27. The van der Waals surface area contributed by atoms with Crippen molar-refractivity contribution in [2.24, 2.45) is 0 Å². The van der Waals surface area contributed by atoms with E-state index in [-0.39, 0.29) is 0 Å². The molecule has 0 radical (unpaired) electrons. The van der Waals surface area contributed by atoms with Gasteiger partial charge in [0, 0.05) is 13.1 Å². The highest BCUT2D eigenvalue weighted by molar-refractivity contribution is 5.66. The first-order valence-corrected chi connectivity index (χ1v) is 5.53. The molecule has 1 saturated heterocycles. The Kier molecular flexibility index (Phi) is 2.94. The number of nitrogens with zero attached hydrogens (tertiary/aromatic N) is 2. The first-order valence-electron chi connectivity index (χ1n) is 5.53. The van der Waals surface area contributed by atoms with Crippen LogP contribution in [0.15, 0.2) is 12.3 Å². The monoisotopic (exact) mass is 206 g/mol. The zero-order chi connectivity index (χ0) is 10.7. The van der Waals surface area contributed by atoms with Crippen molar-refractivity contribution < 1.29 is 0 Å². The Bertz CT molecular complexity index is 329. The molecule has 82 valence electrons. The van der Waals surface area contributed by atoms with Gasteiger partial charge in [0.2, 0.25) is 0 Å². The fraction of sp³-hybridized carbons (Fsp3) is 0.545. The second-order valence-electron chi connectivity index (χ2n) is 4.08. The number of nitrogen functional groups attached to an aromatic ring is 2. The van der Waals surface area contributed by atoms with E-state index in [9.17, 15) is 0 Å². The van der Waals surface area contributed by atoms with Gasteiger partial charge >= 0.3 is 0 Å². The lowest BCUT2D eigenvalue weighted by atomic mass is 10.2. The van der Waals surface area contributed by atoms with E-state index in [0.29, 0.717) is 11.4 Å². The summed E-state index contributed by atoms with van der Waals surface area (Å²) in [6, 6.07) is 1.78. The molecule has 0 aromatic carbocycles. The highest BCUT2D eigenvalue weighted by atomic mass is 15.2. The zero-order valence-corrected chi connectivity index (χ0v) is 8.95. The zero-order valence-electron chi connectivity index (χ0n) is 8.95. The molecule has 0 spiro atoms. The summed E-state index contributed by atoms with van der Waals surface area (Å²) in [4.78, 5) is 6.58. The van der Waals surface area contributed by atoms with E-state index in [2.05, 4.69) is 9.88 Å². The molecule has 0 aliphatic carbocycles. The molecule has 0 amide bonds. The van der Waals surface area contributed by atoms with E-state index in [0.717, 1.165) is 18.9 Å². The molecule has 2 heterocycles. The van der Waals surface area contributed by atoms with E-state index in [1.165, 1.54) is 25.7 Å². The fourth-order valence-electron chi connectivity index (χ4n) is 2.04. The van der Waals surface area contributed by atoms with Gasteiger partial charge in [-0.25, -0.2) is 4.98 Å². The van der Waals surface area contributed by atoms with Crippen molar-refractivity contribution in [1.82, 2.24) is 4.98 Å². The highest BCUT2D eigenvalue weighted by Crippen LogP contribution is 2.24. The van der Waals surface area contributed by atoms with Gasteiger partial charge in [-0.1, -0.05) is 12.8 Å². The van der Waals surface area contributed by atoms with Crippen molar-refractivity contribution in [2.45, 2.75) is 25.7 Å². The maximum Gasteiger partial charge on any atom is 0.151 e. The maximum absolute atomic E-state index is 5.92. The third-order valence-corrected chi connectivity index (χ3v) is 2.82. The number of hydrogen-bond donors (Lipinski definition) is 2. The summed E-state index contributed by atoms with van der Waals surface area (Å²) in [6.07, 6.45) is 6.75. The molecule has 4 N–H and O–H groups in total. The predicted octanol–water partition coefficient (Wildman–Crippen LogP) is 1.63. The van der Waals surface area contributed by atoms with Crippen LogP contribution < -0.4 is 16.4 Å². The highest BCUT2D eigenvalue weighted by Gasteiger charge is 2.13. The normalized spacial score (nSPS) is 17.5. The number of pyridine rings is 1. The molecule has 1 aliphatic heterocycles. The fourth-order valence-corrected chi connectivity index (χ4v) is 2.04. The van der Waals surface area contributed by atoms with Crippen molar-refractivity contribution in [2.75, 3.05) is 29.5 Å². The van der Waals surface area contributed by atoms with Gasteiger partial charge < -0.3 is 16.4 Å². The van der Waals surface area contributed by atoms with Crippen LogP contribution in [0.5, 0.6) is 0 Å². The molecule has 0 bridgehead atoms. The maximum atomic E-state index is 5.92. The van der Waals surface area contributed by atoms with E-state index >= 15 is 0 Å². The second-order valence-corrected chi connectivity index (χ2v) is 4.08. The van der Waals surface area contributed by atoms with Crippen LogP contribution in [-0.2, 0) is 0 Å². The molecule has 4 nitrogen and oxygen atoms in total.